The van der Waals surface area contributed by atoms with Gasteiger partial charge in [0.05, 0.1) is 0 Å². The van der Waals surface area contributed by atoms with Crippen LogP contribution in [-0.4, -0.2) is 45.9 Å². The lowest BCUT2D eigenvalue weighted by atomic mass is 10.1. The predicted molar refractivity (Wildman–Crippen MR) is 85.4 cm³/mol. The first kappa shape index (κ1) is 15.2. The summed E-state index contributed by atoms with van der Waals surface area (Å²) in [5.74, 6) is 1.92. The standard InChI is InChI=1S/C15H23N3OS/c1-4-6-16-14-10-13(5-7-17-14)15(19)18-8-9-20-12(3)11(18)2/h5,7,10-12H,4,6,8-9H2,1-3H3,(H,16,17). The molecule has 20 heavy (non-hydrogen) atoms. The van der Waals surface area contributed by atoms with Crippen molar-refractivity contribution in [3.8, 4) is 0 Å². The molecule has 110 valence electrons. The summed E-state index contributed by atoms with van der Waals surface area (Å²) in [4.78, 5) is 18.9. The van der Waals surface area contributed by atoms with Crippen molar-refractivity contribution < 1.29 is 4.79 Å². The number of hydrogen-bond acceptors (Lipinski definition) is 4. The molecule has 1 N–H and O–H groups in total. The van der Waals surface area contributed by atoms with Crippen molar-refractivity contribution in [1.29, 1.82) is 0 Å². The van der Waals surface area contributed by atoms with Gasteiger partial charge in [-0.05, 0) is 25.5 Å². The highest BCUT2D eigenvalue weighted by atomic mass is 32.2. The van der Waals surface area contributed by atoms with Gasteiger partial charge in [0, 0.05) is 41.9 Å². The van der Waals surface area contributed by atoms with E-state index < -0.39 is 0 Å². The monoisotopic (exact) mass is 293 g/mol. The summed E-state index contributed by atoms with van der Waals surface area (Å²) in [7, 11) is 0. The minimum atomic E-state index is 0.117. The van der Waals surface area contributed by atoms with E-state index in [0.717, 1.165) is 36.6 Å². The van der Waals surface area contributed by atoms with Gasteiger partial charge in [-0.2, -0.15) is 11.8 Å². The fourth-order valence-electron chi connectivity index (χ4n) is 2.30. The highest BCUT2D eigenvalue weighted by molar-refractivity contribution is 8.00. The molecule has 4 nitrogen and oxygen atoms in total. The number of anilines is 1. The summed E-state index contributed by atoms with van der Waals surface area (Å²) in [5, 5.41) is 3.72. The Morgan fingerprint density at radius 1 is 1.55 bits per heavy atom. The summed E-state index contributed by atoms with van der Waals surface area (Å²) >= 11 is 1.94. The third-order valence-corrected chi connectivity index (χ3v) is 5.05. The number of amides is 1. The number of pyridine rings is 1. The van der Waals surface area contributed by atoms with E-state index >= 15 is 0 Å². The van der Waals surface area contributed by atoms with Crippen molar-refractivity contribution in [2.24, 2.45) is 0 Å². The smallest absolute Gasteiger partial charge is 0.254 e. The van der Waals surface area contributed by atoms with Crippen molar-refractivity contribution in [2.45, 2.75) is 38.5 Å². The Hall–Kier alpha value is -1.23. The van der Waals surface area contributed by atoms with Crippen LogP contribution in [0, 0.1) is 0 Å². The Bertz CT molecular complexity index is 466. The minimum absolute atomic E-state index is 0.117. The van der Waals surface area contributed by atoms with Gasteiger partial charge in [-0.3, -0.25) is 4.79 Å². The van der Waals surface area contributed by atoms with Gasteiger partial charge in [0.2, 0.25) is 0 Å². The maximum atomic E-state index is 12.6. The zero-order chi connectivity index (χ0) is 14.5. The molecule has 0 aliphatic carbocycles. The number of thioether (sulfide) groups is 1. The molecule has 0 radical (unpaired) electrons. The average molecular weight is 293 g/mol. The van der Waals surface area contributed by atoms with E-state index in [4.69, 9.17) is 0 Å². The van der Waals surface area contributed by atoms with E-state index in [1.54, 1.807) is 12.3 Å². The molecule has 1 aliphatic heterocycles. The zero-order valence-electron chi connectivity index (χ0n) is 12.4. The lowest BCUT2D eigenvalue weighted by Crippen LogP contribution is -2.47. The van der Waals surface area contributed by atoms with Gasteiger partial charge < -0.3 is 10.2 Å². The Morgan fingerprint density at radius 3 is 3.10 bits per heavy atom. The van der Waals surface area contributed by atoms with Gasteiger partial charge in [-0.15, -0.1) is 0 Å². The molecule has 2 atom stereocenters. The number of nitrogens with zero attached hydrogens (tertiary/aromatic N) is 2. The van der Waals surface area contributed by atoms with Crippen molar-refractivity contribution >= 4 is 23.5 Å². The molecule has 2 unspecified atom stereocenters. The van der Waals surface area contributed by atoms with Gasteiger partial charge >= 0.3 is 0 Å². The van der Waals surface area contributed by atoms with Crippen LogP contribution in [0.15, 0.2) is 18.3 Å². The van der Waals surface area contributed by atoms with Crippen LogP contribution in [0.1, 0.15) is 37.6 Å². The molecule has 1 fully saturated rings. The molecule has 0 saturated carbocycles. The maximum Gasteiger partial charge on any atom is 0.254 e. The van der Waals surface area contributed by atoms with Crippen LogP contribution in [0.3, 0.4) is 0 Å². The topological polar surface area (TPSA) is 45.2 Å². The fourth-order valence-corrected chi connectivity index (χ4v) is 3.40. The highest BCUT2D eigenvalue weighted by Crippen LogP contribution is 2.25. The van der Waals surface area contributed by atoms with E-state index in [9.17, 15) is 4.79 Å². The largest absolute Gasteiger partial charge is 0.370 e. The molecule has 1 aromatic rings. The van der Waals surface area contributed by atoms with Crippen molar-refractivity contribution in [3.05, 3.63) is 23.9 Å². The summed E-state index contributed by atoms with van der Waals surface area (Å²) < 4.78 is 0. The van der Waals surface area contributed by atoms with Crippen LogP contribution in [0.25, 0.3) is 0 Å². The van der Waals surface area contributed by atoms with Gasteiger partial charge in [0.15, 0.2) is 0 Å². The van der Waals surface area contributed by atoms with E-state index in [1.807, 2.05) is 22.7 Å². The molecule has 2 heterocycles. The van der Waals surface area contributed by atoms with Crippen LogP contribution in [0.4, 0.5) is 5.82 Å². The number of aromatic nitrogens is 1. The number of rotatable bonds is 4. The van der Waals surface area contributed by atoms with Gasteiger partial charge in [-0.25, -0.2) is 4.98 Å². The van der Waals surface area contributed by atoms with E-state index in [0.29, 0.717) is 5.25 Å². The van der Waals surface area contributed by atoms with Crippen LogP contribution in [0.5, 0.6) is 0 Å². The van der Waals surface area contributed by atoms with Crippen LogP contribution >= 0.6 is 11.8 Å². The number of nitrogens with one attached hydrogen (secondary N) is 1. The summed E-state index contributed by atoms with van der Waals surface area (Å²) in [6.45, 7) is 8.13. The second kappa shape index (κ2) is 6.97. The molecule has 1 aromatic heterocycles. The van der Waals surface area contributed by atoms with Crippen LogP contribution in [-0.2, 0) is 0 Å². The lowest BCUT2D eigenvalue weighted by molar-refractivity contribution is 0.0698. The Morgan fingerprint density at radius 2 is 2.35 bits per heavy atom. The van der Waals surface area contributed by atoms with Crippen molar-refractivity contribution in [3.63, 3.8) is 0 Å². The third-order valence-electron chi connectivity index (χ3n) is 3.71. The molecular formula is C15H23N3OS. The number of carbonyl (C=O) groups excluding carboxylic acids is 1. The zero-order valence-corrected chi connectivity index (χ0v) is 13.2. The summed E-state index contributed by atoms with van der Waals surface area (Å²) in [6.07, 6.45) is 2.75. The van der Waals surface area contributed by atoms with Crippen molar-refractivity contribution in [1.82, 2.24) is 9.88 Å². The maximum absolute atomic E-state index is 12.6. The summed E-state index contributed by atoms with van der Waals surface area (Å²) in [6, 6.07) is 3.94. The molecule has 0 bridgehead atoms. The highest BCUT2D eigenvalue weighted by Gasteiger charge is 2.29. The van der Waals surface area contributed by atoms with Gasteiger partial charge in [0.1, 0.15) is 5.82 Å². The first-order valence-electron chi connectivity index (χ1n) is 7.26. The number of carbonyl (C=O) groups is 1. The average Bonchev–Trinajstić information content (AvgIpc) is 2.47. The van der Waals surface area contributed by atoms with Crippen LogP contribution < -0.4 is 5.32 Å². The molecule has 1 saturated heterocycles. The summed E-state index contributed by atoms with van der Waals surface area (Å²) in [5.41, 5.74) is 0.726. The molecule has 2 rings (SSSR count). The number of hydrogen-bond donors (Lipinski definition) is 1. The molecule has 1 aliphatic rings. The minimum Gasteiger partial charge on any atom is -0.370 e. The first-order valence-corrected chi connectivity index (χ1v) is 8.31. The van der Waals surface area contributed by atoms with E-state index in [1.165, 1.54) is 0 Å². The van der Waals surface area contributed by atoms with E-state index in [2.05, 4.69) is 31.1 Å². The Kier molecular flexibility index (Phi) is 5.29. The Balaban J connectivity index is 2.12. The quantitative estimate of drug-likeness (QED) is 0.927. The second-order valence-corrected chi connectivity index (χ2v) is 6.66. The van der Waals surface area contributed by atoms with Crippen LogP contribution in [0.2, 0.25) is 0 Å². The molecule has 1 amide bonds. The normalized spacial score (nSPS) is 22.6. The molecule has 0 spiro atoms. The van der Waals surface area contributed by atoms with Crippen molar-refractivity contribution in [2.75, 3.05) is 24.2 Å². The van der Waals surface area contributed by atoms with E-state index in [-0.39, 0.29) is 11.9 Å². The first-order chi connectivity index (χ1) is 9.63. The molecule has 0 aromatic carbocycles. The lowest BCUT2D eigenvalue weighted by Gasteiger charge is -2.37. The molecule has 5 heteroatoms. The van der Waals surface area contributed by atoms with Gasteiger partial charge in [-0.1, -0.05) is 13.8 Å². The SMILES string of the molecule is CCCNc1cc(C(=O)N2CCSC(C)C2C)ccn1. The molecular weight excluding hydrogens is 270 g/mol. The van der Waals surface area contributed by atoms with Gasteiger partial charge in [0.25, 0.3) is 5.91 Å². The third kappa shape index (κ3) is 3.45. The second-order valence-electron chi connectivity index (χ2n) is 5.17. The Labute approximate surface area is 125 Å². The fraction of sp³-hybridized carbons (Fsp3) is 0.600. The predicted octanol–water partition coefficient (Wildman–Crippen LogP) is 2.87.